The molecule has 0 aliphatic carbocycles. The Hall–Kier alpha value is -2.06. The summed E-state index contributed by atoms with van der Waals surface area (Å²) >= 11 is 1.31. The lowest BCUT2D eigenvalue weighted by atomic mass is 10.1. The molecule has 2 aromatic rings. The van der Waals surface area contributed by atoms with Crippen LogP contribution in [0.1, 0.15) is 20.3 Å². The first kappa shape index (κ1) is 20.3. The minimum Gasteiger partial charge on any atom is -0.383 e. The summed E-state index contributed by atoms with van der Waals surface area (Å²) in [4.78, 5) is 28.3. The molecule has 0 spiro atoms. The Morgan fingerprint density at radius 1 is 1.31 bits per heavy atom. The summed E-state index contributed by atoms with van der Waals surface area (Å²) in [6, 6.07) is 7.35. The molecule has 1 heterocycles. The second-order valence-corrected chi connectivity index (χ2v) is 7.25. The molecule has 0 aliphatic rings. The molecule has 0 atom stereocenters. The minimum absolute atomic E-state index is 0.119. The van der Waals surface area contributed by atoms with Gasteiger partial charge in [0.05, 0.1) is 23.4 Å². The maximum Gasteiger partial charge on any atom is 0.321 e. The van der Waals surface area contributed by atoms with Crippen molar-refractivity contribution in [2.24, 2.45) is 5.92 Å². The molecule has 0 aliphatic heterocycles. The lowest BCUT2D eigenvalue weighted by Gasteiger charge is -2.09. The number of urea groups is 1. The molecule has 0 unspecified atom stereocenters. The average molecular weight is 378 g/mol. The predicted molar refractivity (Wildman–Crippen MR) is 103 cm³/mol. The van der Waals surface area contributed by atoms with E-state index in [4.69, 9.17) is 4.74 Å². The number of nitrogens with one attached hydrogen (secondary N) is 2. The van der Waals surface area contributed by atoms with Crippen LogP contribution < -0.4 is 10.6 Å². The van der Waals surface area contributed by atoms with Crippen LogP contribution in [0.15, 0.2) is 29.4 Å². The fraction of sp³-hybridized carbons (Fsp3) is 0.500. The predicted octanol–water partition coefficient (Wildman–Crippen LogP) is 2.65. The van der Waals surface area contributed by atoms with Crippen molar-refractivity contribution in [1.82, 2.24) is 20.2 Å². The molecule has 3 amide bonds. The van der Waals surface area contributed by atoms with Crippen LogP contribution in [0.5, 0.6) is 0 Å². The first-order chi connectivity index (χ1) is 12.5. The van der Waals surface area contributed by atoms with Crippen molar-refractivity contribution < 1.29 is 14.3 Å². The van der Waals surface area contributed by atoms with Crippen molar-refractivity contribution in [3.05, 3.63) is 24.3 Å². The van der Waals surface area contributed by atoms with Gasteiger partial charge in [-0.25, -0.2) is 9.78 Å². The summed E-state index contributed by atoms with van der Waals surface area (Å²) in [7, 11) is 1.65. The van der Waals surface area contributed by atoms with Gasteiger partial charge in [0.15, 0.2) is 5.16 Å². The fourth-order valence-corrected chi connectivity index (χ4v) is 3.21. The zero-order valence-electron chi connectivity index (χ0n) is 15.4. The second-order valence-electron chi connectivity index (χ2n) is 6.30. The van der Waals surface area contributed by atoms with Gasteiger partial charge < -0.3 is 14.6 Å². The third-order valence-corrected chi connectivity index (χ3v) is 4.71. The van der Waals surface area contributed by atoms with Gasteiger partial charge in [-0.1, -0.05) is 37.7 Å². The van der Waals surface area contributed by atoms with Gasteiger partial charge in [0.1, 0.15) is 0 Å². The van der Waals surface area contributed by atoms with E-state index in [1.807, 2.05) is 28.8 Å². The van der Waals surface area contributed by atoms with Crippen molar-refractivity contribution in [3.8, 4) is 0 Å². The van der Waals surface area contributed by atoms with Gasteiger partial charge in [-0.3, -0.25) is 10.1 Å². The second kappa shape index (κ2) is 10.2. The van der Waals surface area contributed by atoms with Crippen LogP contribution >= 0.6 is 11.8 Å². The van der Waals surface area contributed by atoms with Gasteiger partial charge in [-0.15, -0.1) is 0 Å². The van der Waals surface area contributed by atoms with E-state index in [0.29, 0.717) is 25.6 Å². The van der Waals surface area contributed by atoms with Gasteiger partial charge in [-0.2, -0.15) is 0 Å². The summed E-state index contributed by atoms with van der Waals surface area (Å²) in [5.41, 5.74) is 1.87. The molecule has 1 aromatic carbocycles. The lowest BCUT2D eigenvalue weighted by Crippen LogP contribution is -2.40. The van der Waals surface area contributed by atoms with Crippen molar-refractivity contribution >= 4 is 34.7 Å². The van der Waals surface area contributed by atoms with E-state index in [1.165, 1.54) is 11.8 Å². The smallest absolute Gasteiger partial charge is 0.321 e. The Morgan fingerprint density at radius 2 is 2.08 bits per heavy atom. The van der Waals surface area contributed by atoms with Crippen molar-refractivity contribution in [2.45, 2.75) is 32.0 Å². The lowest BCUT2D eigenvalue weighted by molar-refractivity contribution is -0.117. The summed E-state index contributed by atoms with van der Waals surface area (Å²) in [6.07, 6.45) is 0.875. The van der Waals surface area contributed by atoms with Crippen LogP contribution in [0.4, 0.5) is 4.79 Å². The van der Waals surface area contributed by atoms with E-state index in [2.05, 4.69) is 29.5 Å². The molecule has 26 heavy (non-hydrogen) atoms. The third-order valence-electron chi connectivity index (χ3n) is 3.73. The number of fused-ring (bicyclic) bond motifs is 1. The number of benzene rings is 1. The van der Waals surface area contributed by atoms with Gasteiger partial charge >= 0.3 is 6.03 Å². The van der Waals surface area contributed by atoms with E-state index in [1.54, 1.807) is 7.11 Å². The Bertz CT molecular complexity index is 745. The topological polar surface area (TPSA) is 85.2 Å². The highest BCUT2D eigenvalue weighted by molar-refractivity contribution is 7.99. The van der Waals surface area contributed by atoms with E-state index in [0.717, 1.165) is 22.6 Å². The van der Waals surface area contributed by atoms with Crippen molar-refractivity contribution in [2.75, 3.05) is 26.0 Å². The maximum atomic E-state index is 12.0. The molecule has 1 aromatic heterocycles. The molecule has 2 N–H and O–H groups in total. The molecule has 0 bridgehead atoms. The molecular weight excluding hydrogens is 352 g/mol. The number of hydrogen-bond donors (Lipinski definition) is 2. The number of imide groups is 1. The quantitative estimate of drug-likeness (QED) is 0.655. The minimum atomic E-state index is -0.455. The SMILES string of the molecule is COCCn1c(SCC(=O)NC(=O)NCCC(C)C)nc2ccccc21. The molecule has 0 saturated carbocycles. The summed E-state index contributed by atoms with van der Waals surface area (Å²) < 4.78 is 7.19. The highest BCUT2D eigenvalue weighted by atomic mass is 32.2. The number of imidazole rings is 1. The van der Waals surface area contributed by atoms with Gasteiger partial charge in [-0.05, 0) is 24.5 Å². The van der Waals surface area contributed by atoms with Crippen LogP contribution in [0.3, 0.4) is 0 Å². The number of amides is 3. The van der Waals surface area contributed by atoms with Crippen LogP contribution in [0.25, 0.3) is 11.0 Å². The van der Waals surface area contributed by atoms with E-state index in [9.17, 15) is 9.59 Å². The number of rotatable bonds is 9. The van der Waals surface area contributed by atoms with Crippen LogP contribution in [0.2, 0.25) is 0 Å². The third kappa shape index (κ3) is 6.03. The average Bonchev–Trinajstić information content (AvgIpc) is 2.95. The van der Waals surface area contributed by atoms with E-state index in [-0.39, 0.29) is 11.7 Å². The first-order valence-electron chi connectivity index (χ1n) is 8.66. The molecule has 142 valence electrons. The van der Waals surface area contributed by atoms with Crippen LogP contribution in [0, 0.1) is 5.92 Å². The summed E-state index contributed by atoms with van der Waals surface area (Å²) in [5, 5.41) is 5.77. The van der Waals surface area contributed by atoms with Crippen molar-refractivity contribution in [3.63, 3.8) is 0 Å². The number of carbonyl (C=O) groups excluding carboxylic acids is 2. The standard InChI is InChI=1S/C18H26N4O3S/c1-13(2)8-9-19-17(24)21-16(23)12-26-18-20-14-6-4-5-7-15(14)22(18)10-11-25-3/h4-7,13H,8-12H2,1-3H3,(H2,19,21,23,24). The number of ether oxygens (including phenoxy) is 1. The molecule has 8 heteroatoms. The first-order valence-corrected chi connectivity index (χ1v) is 9.64. The normalized spacial score (nSPS) is 11.1. The largest absolute Gasteiger partial charge is 0.383 e. The number of aromatic nitrogens is 2. The number of methoxy groups -OCH3 is 1. The number of hydrogen-bond acceptors (Lipinski definition) is 5. The fourth-order valence-electron chi connectivity index (χ4n) is 2.37. The van der Waals surface area contributed by atoms with E-state index >= 15 is 0 Å². The number of para-hydroxylation sites is 2. The van der Waals surface area contributed by atoms with Crippen LogP contribution in [-0.2, 0) is 16.1 Å². The Labute approximate surface area is 157 Å². The molecule has 0 saturated heterocycles. The zero-order chi connectivity index (χ0) is 18.9. The molecule has 2 rings (SSSR count). The summed E-state index contributed by atoms with van der Waals surface area (Å²) in [6.45, 7) is 5.92. The molecule has 7 nitrogen and oxygen atoms in total. The van der Waals surface area contributed by atoms with Crippen molar-refractivity contribution in [1.29, 1.82) is 0 Å². The maximum absolute atomic E-state index is 12.0. The summed E-state index contributed by atoms with van der Waals surface area (Å²) in [5.74, 6) is 0.275. The monoisotopic (exact) mass is 378 g/mol. The Balaban J connectivity index is 1.91. The zero-order valence-corrected chi connectivity index (χ0v) is 16.3. The van der Waals surface area contributed by atoms with Crippen LogP contribution in [-0.4, -0.2) is 47.5 Å². The Morgan fingerprint density at radius 3 is 2.81 bits per heavy atom. The van der Waals surface area contributed by atoms with E-state index < -0.39 is 6.03 Å². The van der Waals surface area contributed by atoms with Gasteiger partial charge in [0, 0.05) is 20.2 Å². The van der Waals surface area contributed by atoms with Gasteiger partial charge in [0.25, 0.3) is 0 Å². The highest BCUT2D eigenvalue weighted by Crippen LogP contribution is 2.23. The molecule has 0 fully saturated rings. The highest BCUT2D eigenvalue weighted by Gasteiger charge is 2.14. The molecular formula is C18H26N4O3S. The van der Waals surface area contributed by atoms with Gasteiger partial charge in [0.2, 0.25) is 5.91 Å². The number of nitrogens with zero attached hydrogens (tertiary/aromatic N) is 2. The number of thioether (sulfide) groups is 1. The number of carbonyl (C=O) groups is 2. The Kier molecular flexibility index (Phi) is 7.93. The molecule has 0 radical (unpaired) electrons.